The summed E-state index contributed by atoms with van der Waals surface area (Å²) in [5, 5.41) is 15.8. The first-order valence-corrected chi connectivity index (χ1v) is 11.4. The Morgan fingerprint density at radius 2 is 1.80 bits per heavy atom. The maximum Gasteiger partial charge on any atom is 0.248 e. The number of tetrazole rings is 1. The lowest BCUT2D eigenvalue weighted by atomic mass is 10.2. The Labute approximate surface area is 175 Å². The molecular formula is C19H25N7O3S. The van der Waals surface area contributed by atoms with Crippen molar-refractivity contribution >= 4 is 10.0 Å². The summed E-state index contributed by atoms with van der Waals surface area (Å²) < 4.78 is 34.2. The SMILES string of the molecule is Cc1noc(C)c1S(=O)(=O)N1CCN(CCCc2nnnn2-c2ccccc2)CC1. The fourth-order valence-electron chi connectivity index (χ4n) is 3.76. The third-order valence-corrected chi connectivity index (χ3v) is 7.45. The molecule has 0 N–H and O–H groups in total. The van der Waals surface area contributed by atoms with Gasteiger partial charge in [-0.2, -0.15) is 8.99 Å². The van der Waals surface area contributed by atoms with Crippen LogP contribution in [-0.4, -0.2) is 75.7 Å². The van der Waals surface area contributed by atoms with Crippen molar-refractivity contribution in [2.45, 2.75) is 31.6 Å². The first-order valence-electron chi connectivity index (χ1n) is 9.95. The van der Waals surface area contributed by atoms with Crippen LogP contribution in [0.4, 0.5) is 0 Å². The molecule has 3 heterocycles. The molecule has 30 heavy (non-hydrogen) atoms. The van der Waals surface area contributed by atoms with Crippen molar-refractivity contribution in [3.05, 3.63) is 47.6 Å². The van der Waals surface area contributed by atoms with Gasteiger partial charge >= 0.3 is 0 Å². The van der Waals surface area contributed by atoms with Gasteiger partial charge in [-0.25, -0.2) is 8.42 Å². The molecule has 0 spiro atoms. The van der Waals surface area contributed by atoms with Crippen molar-refractivity contribution in [3.63, 3.8) is 0 Å². The normalized spacial score (nSPS) is 16.2. The lowest BCUT2D eigenvalue weighted by Crippen LogP contribution is -2.48. The van der Waals surface area contributed by atoms with Crippen LogP contribution < -0.4 is 0 Å². The van der Waals surface area contributed by atoms with Gasteiger partial charge in [-0.3, -0.25) is 0 Å². The van der Waals surface area contributed by atoms with E-state index in [0.717, 1.165) is 30.9 Å². The third kappa shape index (κ3) is 4.13. The van der Waals surface area contributed by atoms with E-state index < -0.39 is 10.0 Å². The molecule has 0 atom stereocenters. The zero-order valence-corrected chi connectivity index (χ0v) is 17.9. The Balaban J connectivity index is 1.30. The predicted octanol–water partition coefficient (Wildman–Crippen LogP) is 1.21. The summed E-state index contributed by atoms with van der Waals surface area (Å²) in [6.07, 6.45) is 1.64. The van der Waals surface area contributed by atoms with E-state index in [2.05, 4.69) is 25.6 Å². The van der Waals surface area contributed by atoms with Crippen molar-refractivity contribution in [3.8, 4) is 5.69 Å². The van der Waals surface area contributed by atoms with Crippen LogP contribution in [0.5, 0.6) is 0 Å². The molecule has 160 valence electrons. The minimum absolute atomic E-state index is 0.198. The number of piperazine rings is 1. The molecule has 1 saturated heterocycles. The summed E-state index contributed by atoms with van der Waals surface area (Å²) in [6.45, 7) is 6.43. The number of rotatable bonds is 7. The highest BCUT2D eigenvalue weighted by Gasteiger charge is 2.33. The molecule has 1 aliphatic heterocycles. The number of sulfonamides is 1. The second-order valence-electron chi connectivity index (χ2n) is 7.35. The van der Waals surface area contributed by atoms with Crippen LogP contribution in [0, 0.1) is 13.8 Å². The number of benzene rings is 1. The van der Waals surface area contributed by atoms with Crippen LogP contribution in [0.2, 0.25) is 0 Å². The average molecular weight is 432 g/mol. The summed E-state index contributed by atoms with van der Waals surface area (Å²) in [6, 6.07) is 9.81. The summed E-state index contributed by atoms with van der Waals surface area (Å²) >= 11 is 0. The smallest absolute Gasteiger partial charge is 0.248 e. The number of para-hydroxylation sites is 1. The fourth-order valence-corrected chi connectivity index (χ4v) is 5.47. The molecule has 4 rings (SSSR count). The van der Waals surface area contributed by atoms with Gasteiger partial charge in [0.25, 0.3) is 0 Å². The van der Waals surface area contributed by atoms with Gasteiger partial charge in [0.15, 0.2) is 11.6 Å². The van der Waals surface area contributed by atoms with E-state index in [1.807, 2.05) is 30.3 Å². The molecule has 1 aliphatic rings. The van der Waals surface area contributed by atoms with E-state index in [1.54, 1.807) is 18.5 Å². The van der Waals surface area contributed by atoms with Gasteiger partial charge < -0.3 is 9.42 Å². The van der Waals surface area contributed by atoms with Crippen LogP contribution in [0.3, 0.4) is 0 Å². The summed E-state index contributed by atoms with van der Waals surface area (Å²) in [7, 11) is -3.58. The molecule has 3 aromatic rings. The molecule has 0 saturated carbocycles. The molecule has 0 amide bonds. The van der Waals surface area contributed by atoms with Gasteiger partial charge in [-0.1, -0.05) is 23.4 Å². The summed E-state index contributed by atoms with van der Waals surface area (Å²) in [4.78, 5) is 2.47. The van der Waals surface area contributed by atoms with E-state index in [9.17, 15) is 8.42 Å². The summed E-state index contributed by atoms with van der Waals surface area (Å²) in [5.74, 6) is 1.16. The Bertz CT molecular complexity index is 1070. The van der Waals surface area contributed by atoms with Crippen LogP contribution in [0.15, 0.2) is 39.8 Å². The molecule has 0 aliphatic carbocycles. The van der Waals surface area contributed by atoms with Crippen molar-refractivity contribution in [2.24, 2.45) is 0 Å². The minimum Gasteiger partial charge on any atom is -0.360 e. The molecule has 0 unspecified atom stereocenters. The maximum atomic E-state index is 12.9. The Hall–Kier alpha value is -2.63. The maximum absolute atomic E-state index is 12.9. The van der Waals surface area contributed by atoms with Crippen molar-refractivity contribution in [2.75, 3.05) is 32.7 Å². The Kier molecular flexibility index (Phi) is 5.93. The zero-order chi connectivity index (χ0) is 21.1. The highest BCUT2D eigenvalue weighted by molar-refractivity contribution is 7.89. The number of nitrogens with zero attached hydrogens (tertiary/aromatic N) is 7. The third-order valence-electron chi connectivity index (χ3n) is 5.31. The highest BCUT2D eigenvalue weighted by atomic mass is 32.2. The van der Waals surface area contributed by atoms with Crippen LogP contribution in [0.1, 0.15) is 23.7 Å². The first-order chi connectivity index (χ1) is 14.5. The second kappa shape index (κ2) is 8.62. The van der Waals surface area contributed by atoms with Crippen molar-refractivity contribution < 1.29 is 12.9 Å². The van der Waals surface area contributed by atoms with E-state index >= 15 is 0 Å². The average Bonchev–Trinajstić information content (AvgIpc) is 3.35. The standard InChI is InChI=1S/C19H25N7O3S/c1-15-19(16(2)29-21-15)30(27,28)25-13-11-24(12-14-25)10-6-9-18-20-22-23-26(18)17-7-4-3-5-8-17/h3-5,7-8H,6,9-14H2,1-2H3. The van der Waals surface area contributed by atoms with Gasteiger partial charge in [0.05, 0.1) is 5.69 Å². The van der Waals surface area contributed by atoms with Gasteiger partial charge in [-0.05, 0) is 49.4 Å². The largest absolute Gasteiger partial charge is 0.360 e. The molecule has 2 aromatic heterocycles. The van der Waals surface area contributed by atoms with E-state index in [0.29, 0.717) is 37.6 Å². The number of aromatic nitrogens is 5. The van der Waals surface area contributed by atoms with E-state index in [-0.39, 0.29) is 4.90 Å². The minimum atomic E-state index is -3.58. The van der Waals surface area contributed by atoms with Gasteiger partial charge in [-0.15, -0.1) is 5.10 Å². The zero-order valence-electron chi connectivity index (χ0n) is 17.1. The quantitative estimate of drug-likeness (QED) is 0.549. The van der Waals surface area contributed by atoms with Crippen LogP contribution in [0.25, 0.3) is 5.69 Å². The van der Waals surface area contributed by atoms with Gasteiger partial charge in [0.2, 0.25) is 10.0 Å². The molecule has 1 aromatic carbocycles. The highest BCUT2D eigenvalue weighted by Crippen LogP contribution is 2.24. The molecule has 10 nitrogen and oxygen atoms in total. The van der Waals surface area contributed by atoms with Crippen LogP contribution in [-0.2, 0) is 16.4 Å². The predicted molar refractivity (Wildman–Crippen MR) is 109 cm³/mol. The monoisotopic (exact) mass is 431 g/mol. The van der Waals surface area contributed by atoms with Crippen LogP contribution >= 0.6 is 0 Å². The molecule has 0 bridgehead atoms. The second-order valence-corrected chi connectivity index (χ2v) is 9.22. The lowest BCUT2D eigenvalue weighted by molar-refractivity contribution is 0.186. The van der Waals surface area contributed by atoms with E-state index in [4.69, 9.17) is 4.52 Å². The lowest BCUT2D eigenvalue weighted by Gasteiger charge is -2.33. The Morgan fingerprint density at radius 3 is 2.47 bits per heavy atom. The van der Waals surface area contributed by atoms with Crippen molar-refractivity contribution in [1.29, 1.82) is 0 Å². The number of hydrogen-bond acceptors (Lipinski definition) is 8. The molecular weight excluding hydrogens is 406 g/mol. The van der Waals surface area contributed by atoms with Gasteiger partial charge in [0.1, 0.15) is 10.6 Å². The fraction of sp³-hybridized carbons (Fsp3) is 0.474. The number of aryl methyl sites for hydroxylation is 3. The van der Waals surface area contributed by atoms with Crippen molar-refractivity contribution in [1.82, 2.24) is 34.6 Å². The topological polar surface area (TPSA) is 110 Å². The molecule has 11 heteroatoms. The number of hydrogen-bond donors (Lipinski definition) is 0. The van der Waals surface area contributed by atoms with E-state index in [1.165, 1.54) is 4.31 Å². The first kappa shape index (κ1) is 20.6. The Morgan fingerprint density at radius 1 is 1.07 bits per heavy atom. The molecule has 1 fully saturated rings. The van der Waals surface area contributed by atoms with Gasteiger partial charge in [0, 0.05) is 32.6 Å². The molecule has 0 radical (unpaired) electrons. The summed E-state index contributed by atoms with van der Waals surface area (Å²) in [5.41, 5.74) is 1.35.